The highest BCUT2D eigenvalue weighted by atomic mass is 32.2. The molecule has 2 bridgehead atoms. The zero-order valence-electron chi connectivity index (χ0n) is 46.3. The Morgan fingerprint density at radius 1 is 0.923 bits per heavy atom. The molecule has 6 N–H and O–H groups in total. The van der Waals surface area contributed by atoms with E-state index in [9.17, 15) is 33.3 Å². The Hall–Kier alpha value is -5.57. The van der Waals surface area contributed by atoms with Crippen molar-refractivity contribution in [3.8, 4) is 17.2 Å². The molecule has 1 aromatic heterocycles. The van der Waals surface area contributed by atoms with E-state index in [4.69, 9.17) is 43.7 Å². The van der Waals surface area contributed by atoms with Gasteiger partial charge in [-0.25, -0.2) is 0 Å². The molecule has 1 aromatic carbocycles. The number of allylic oxidation sites excluding steroid dienone is 1. The zero-order valence-corrected chi connectivity index (χ0v) is 47.1. The van der Waals surface area contributed by atoms with Crippen LogP contribution in [0, 0.1) is 17.8 Å². The number of methoxy groups -OCH3 is 2. The Labute approximate surface area is 460 Å². The molecule has 3 fully saturated rings. The van der Waals surface area contributed by atoms with Gasteiger partial charge in [0.15, 0.2) is 0 Å². The number of benzene rings is 1. The molecular weight excluding hydrogens is 1030 g/mol. The highest BCUT2D eigenvalue weighted by Crippen LogP contribution is 2.43. The lowest BCUT2D eigenvalue weighted by Gasteiger charge is -2.39. The Balaban J connectivity index is 0.956. The van der Waals surface area contributed by atoms with Crippen molar-refractivity contribution in [2.45, 2.75) is 127 Å². The molecule has 1 aliphatic carbocycles. The van der Waals surface area contributed by atoms with Crippen LogP contribution in [-0.2, 0) is 63.6 Å². The molecule has 2 aliphatic heterocycles. The molecule has 5 amide bonds. The monoisotopic (exact) mass is 1120 g/mol. The van der Waals surface area contributed by atoms with Gasteiger partial charge in [-0.05, 0) is 81.0 Å². The molecule has 3 aliphatic rings. The maximum absolute atomic E-state index is 14.0. The fraction of sp³-hybridized carbons (Fsp3) is 0.698. The molecule has 25 heteroatoms. The van der Waals surface area contributed by atoms with E-state index in [1.165, 1.54) is 20.5 Å². The van der Waals surface area contributed by atoms with Gasteiger partial charge in [0.05, 0.1) is 82.8 Å². The average molecular weight is 1120 g/mol. The number of hydrogen-bond acceptors (Lipinski definition) is 18. The van der Waals surface area contributed by atoms with Crippen LogP contribution in [0.1, 0.15) is 85.0 Å². The van der Waals surface area contributed by atoms with Crippen LogP contribution in [0.4, 0.5) is 0 Å². The minimum absolute atomic E-state index is 0.000766. The van der Waals surface area contributed by atoms with Crippen LogP contribution in [0.15, 0.2) is 45.8 Å². The van der Waals surface area contributed by atoms with E-state index >= 15 is 0 Å². The molecule has 436 valence electrons. The molecule has 2 aromatic rings. The first-order chi connectivity index (χ1) is 37.5. The molecule has 2 saturated heterocycles. The Kier molecular flexibility index (Phi) is 26.4. The lowest BCUT2D eigenvalue weighted by atomic mass is 9.90. The number of carboxylic acids is 1. The summed E-state index contributed by atoms with van der Waals surface area (Å²) in [6.45, 7) is 8.58. The van der Waals surface area contributed by atoms with Crippen LogP contribution < -0.4 is 26.4 Å². The van der Waals surface area contributed by atoms with Gasteiger partial charge in [-0.2, -0.15) is 0 Å². The number of fused-ring (bicyclic) bond motifs is 2. The van der Waals surface area contributed by atoms with Gasteiger partial charge in [-0.15, -0.1) is 5.10 Å². The average Bonchev–Trinajstić information content (AvgIpc) is 4.40. The molecule has 0 radical (unpaired) electrons. The maximum atomic E-state index is 14.0. The van der Waals surface area contributed by atoms with Crippen LogP contribution in [0.2, 0.25) is 0 Å². The summed E-state index contributed by atoms with van der Waals surface area (Å²) in [5, 5.41) is 25.2. The highest BCUT2D eigenvalue weighted by molar-refractivity contribution is 7.90. The smallest absolute Gasteiger partial charge is 0.435 e. The summed E-state index contributed by atoms with van der Waals surface area (Å²) in [4.78, 5) is 84.3. The molecule has 24 nitrogen and oxygen atoms in total. The number of carbonyl (C=O) groups excluding carboxylic acids is 5. The molecule has 1 saturated carbocycles. The number of carbonyl (C=O) groups is 6. The Morgan fingerprint density at radius 3 is 2.26 bits per heavy atom. The summed E-state index contributed by atoms with van der Waals surface area (Å²) >= 11 is -1.35. The first kappa shape index (κ1) is 63.3. The second-order valence-corrected chi connectivity index (χ2v) is 21.3. The topological polar surface area (TPSA) is 312 Å². The molecule has 10 atom stereocenters. The van der Waals surface area contributed by atoms with E-state index in [-0.39, 0.29) is 72.0 Å². The third-order valence-electron chi connectivity index (χ3n) is 14.8. The largest absolute Gasteiger partial charge is 0.608 e. The Morgan fingerprint density at radius 2 is 1.62 bits per heavy atom. The number of rotatable bonds is 36. The van der Waals surface area contributed by atoms with Gasteiger partial charge in [-0.1, -0.05) is 32.3 Å². The SMILES string of the molecule is CCC(C)C(C(CC(=O)N1CCCC1C(OC)C(C)C(=O)NCC(=O)O)OC)N(C)C(=O)CNC(=O)C1C2CCC(C2)N1C(=O)CCC/C(N)=C/NCCOCCOCCOCCOc1ccc(-c2nnc([S+](C)[O-])o2)cc1. The van der Waals surface area contributed by atoms with Crippen LogP contribution >= 0.6 is 0 Å². The molecular formula is C53H83N9O15S. The fourth-order valence-electron chi connectivity index (χ4n) is 10.6. The van der Waals surface area contributed by atoms with Gasteiger partial charge in [0.1, 0.15) is 31.2 Å². The molecule has 0 spiro atoms. The number of carboxylic acid groups (broad SMARTS) is 1. The van der Waals surface area contributed by atoms with Gasteiger partial charge >= 0.3 is 11.2 Å². The van der Waals surface area contributed by atoms with E-state index < -0.39 is 65.8 Å². The van der Waals surface area contributed by atoms with Crippen molar-refractivity contribution in [2.24, 2.45) is 23.5 Å². The summed E-state index contributed by atoms with van der Waals surface area (Å²) < 4.78 is 51.1. The van der Waals surface area contributed by atoms with Crippen molar-refractivity contribution < 1.29 is 71.3 Å². The number of likely N-dealkylation sites (tertiary alicyclic amines) is 2. The van der Waals surface area contributed by atoms with Gasteiger partial charge in [0.2, 0.25) is 29.5 Å². The first-order valence-electron chi connectivity index (χ1n) is 27.0. The van der Waals surface area contributed by atoms with Crippen LogP contribution in [-0.4, -0.2) is 206 Å². The number of amides is 5. The lowest BCUT2D eigenvalue weighted by Crippen LogP contribution is -2.56. The van der Waals surface area contributed by atoms with Gasteiger partial charge < -0.3 is 78.9 Å². The molecule has 78 heavy (non-hydrogen) atoms. The number of nitrogens with two attached hydrogens (primary N) is 1. The van der Waals surface area contributed by atoms with E-state index in [0.29, 0.717) is 108 Å². The molecule has 5 rings (SSSR count). The quantitative estimate of drug-likeness (QED) is 0.0482. The van der Waals surface area contributed by atoms with E-state index in [2.05, 4.69) is 26.1 Å². The van der Waals surface area contributed by atoms with Crippen LogP contribution in [0.3, 0.4) is 0 Å². The summed E-state index contributed by atoms with van der Waals surface area (Å²) in [5.41, 5.74) is 7.53. The van der Waals surface area contributed by atoms with Crippen molar-refractivity contribution in [1.82, 2.24) is 40.8 Å². The predicted octanol–water partition coefficient (Wildman–Crippen LogP) is 2.08. The van der Waals surface area contributed by atoms with Gasteiger partial charge in [0.25, 0.3) is 5.89 Å². The van der Waals surface area contributed by atoms with E-state index in [1.54, 1.807) is 59.1 Å². The summed E-state index contributed by atoms with van der Waals surface area (Å²) in [7, 11) is 4.61. The zero-order chi connectivity index (χ0) is 56.7. The third kappa shape index (κ3) is 18.5. The number of nitrogens with one attached hydrogen (secondary N) is 3. The summed E-state index contributed by atoms with van der Waals surface area (Å²) in [6, 6.07) is 5.45. The van der Waals surface area contributed by atoms with Crippen molar-refractivity contribution in [3.63, 3.8) is 0 Å². The predicted molar refractivity (Wildman–Crippen MR) is 286 cm³/mol. The standard InChI is InChI=1S/C53H83N9O15S/c1-8-34(2)47(42(71-5)30-44(64)61-21-10-12-41(61)49(72-6)35(3)50(68)57-33-46(66)67)60(4)45(65)32-56-51(69)48-37-14-17-39(29-37)62(48)43(63)13-9-11-38(54)31-55-20-22-73-23-24-74-25-26-75-27-28-76-40-18-15-36(16-19-40)52-58-59-53(77-52)78(7)70/h15-16,18-19,31,34-35,37,39,41-42,47-49,55H,8-14,17,20-30,32-33,54H2,1-7H3,(H,56,69)(H,57,68)(H,66,67)/b38-31-. The van der Waals surface area contributed by atoms with Crippen LogP contribution in [0.25, 0.3) is 11.5 Å². The van der Waals surface area contributed by atoms with Crippen molar-refractivity contribution in [2.75, 3.05) is 100.0 Å². The van der Waals surface area contributed by atoms with Gasteiger partial charge in [-0.3, -0.25) is 28.8 Å². The second-order valence-electron chi connectivity index (χ2n) is 20.0. The second kappa shape index (κ2) is 32.5. The van der Waals surface area contributed by atoms with Crippen molar-refractivity contribution in [1.29, 1.82) is 0 Å². The molecule has 3 heterocycles. The minimum atomic E-state index is -1.35. The highest BCUT2D eigenvalue weighted by Gasteiger charge is 2.51. The number of piperidine rings is 1. The van der Waals surface area contributed by atoms with Crippen molar-refractivity contribution >= 4 is 46.7 Å². The number of hydrogen-bond donors (Lipinski definition) is 5. The normalized spacial score (nSPS) is 20.4. The number of nitrogens with zero attached hydrogens (tertiary/aromatic N) is 5. The Bertz CT molecular complexity index is 2260. The number of aliphatic carboxylic acids is 1. The lowest BCUT2D eigenvalue weighted by molar-refractivity contribution is -0.146. The summed E-state index contributed by atoms with van der Waals surface area (Å²) in [5.74, 6) is -2.61. The maximum Gasteiger partial charge on any atom is 0.435 e. The first-order valence-corrected chi connectivity index (χ1v) is 28.6. The number of likely N-dealkylation sites (N-methyl/N-ethyl adjacent to an activating group) is 1. The van der Waals surface area contributed by atoms with E-state index in [1.807, 2.05) is 13.8 Å². The van der Waals surface area contributed by atoms with E-state index in [0.717, 1.165) is 19.3 Å². The number of ether oxygens (including phenoxy) is 6. The third-order valence-corrected chi connectivity index (χ3v) is 15.5. The minimum Gasteiger partial charge on any atom is -0.608 e. The fourth-order valence-corrected chi connectivity index (χ4v) is 11.0. The number of aromatic nitrogens is 2. The summed E-state index contributed by atoms with van der Waals surface area (Å²) in [6.07, 6.45) is 7.29. The molecule has 10 unspecified atom stereocenters. The van der Waals surface area contributed by atoms with Gasteiger partial charge in [0, 0.05) is 75.5 Å². The van der Waals surface area contributed by atoms with Crippen molar-refractivity contribution in [3.05, 3.63) is 36.2 Å². The van der Waals surface area contributed by atoms with Crippen LogP contribution in [0.5, 0.6) is 5.75 Å².